The zero-order valence-electron chi connectivity index (χ0n) is 20.7. The van der Waals surface area contributed by atoms with Crippen LogP contribution in [0, 0.1) is 6.92 Å². The third kappa shape index (κ3) is 4.77. The Morgan fingerprint density at radius 2 is 1.58 bits per heavy atom. The summed E-state index contributed by atoms with van der Waals surface area (Å²) in [4.78, 5) is 13.6. The van der Waals surface area contributed by atoms with Gasteiger partial charge in [-0.15, -0.1) is 5.10 Å². The highest BCUT2D eigenvalue weighted by atomic mass is 16.1. The number of H-pyrrole nitrogens is 1. The molecule has 3 aromatic carbocycles. The van der Waals surface area contributed by atoms with E-state index in [2.05, 4.69) is 76.9 Å². The van der Waals surface area contributed by atoms with Gasteiger partial charge in [-0.2, -0.15) is 0 Å². The van der Waals surface area contributed by atoms with Gasteiger partial charge in [0.2, 0.25) is 0 Å². The predicted octanol–water partition coefficient (Wildman–Crippen LogP) is 5.05. The molecule has 0 aliphatic rings. The van der Waals surface area contributed by atoms with E-state index in [1.165, 1.54) is 5.56 Å². The summed E-state index contributed by atoms with van der Waals surface area (Å²) < 4.78 is 3.86. The second kappa shape index (κ2) is 10.6. The summed E-state index contributed by atoms with van der Waals surface area (Å²) in [5.41, 5.74) is 7.49. The molecular weight excluding hydrogens is 448 g/mol. The van der Waals surface area contributed by atoms with Gasteiger partial charge in [0.05, 0.1) is 6.54 Å². The van der Waals surface area contributed by atoms with Crippen LogP contribution in [0.3, 0.4) is 0 Å². The number of tetrazole rings is 1. The maximum atomic E-state index is 13.6. The molecule has 0 radical (unpaired) electrons. The Labute approximate surface area is 210 Å². The Kier molecular flexibility index (Phi) is 6.89. The summed E-state index contributed by atoms with van der Waals surface area (Å²) in [5.74, 6) is 0.605. The normalized spacial score (nSPS) is 11.2. The summed E-state index contributed by atoms with van der Waals surface area (Å²) in [5, 5.41) is 14.6. The van der Waals surface area contributed by atoms with Crippen molar-refractivity contribution in [3.63, 3.8) is 0 Å². The maximum Gasteiger partial charge on any atom is 0.328 e. The second-order valence-electron chi connectivity index (χ2n) is 9.03. The van der Waals surface area contributed by atoms with Gasteiger partial charge in [-0.1, -0.05) is 86.1 Å². The standard InChI is InChI=1S/C29H30N6O/c1-3-10-27-21(2)34(18-17-22-11-6-4-7-12-22)29(36)35(27)20-23-15-16-25(24-13-8-5-9-14-24)26(19-23)28-30-32-33-31-28/h4-9,11-16,19H,3,10,17-18,20H2,1-2H3,(H,30,31,32,33). The lowest BCUT2D eigenvalue weighted by Gasteiger charge is -2.12. The molecule has 2 heterocycles. The first kappa shape index (κ1) is 23.5. The van der Waals surface area contributed by atoms with Crippen molar-refractivity contribution in [1.29, 1.82) is 0 Å². The maximum absolute atomic E-state index is 13.6. The van der Waals surface area contributed by atoms with E-state index in [-0.39, 0.29) is 5.69 Å². The first-order chi connectivity index (χ1) is 17.7. The fourth-order valence-electron chi connectivity index (χ4n) is 4.83. The van der Waals surface area contributed by atoms with E-state index in [1.807, 2.05) is 45.5 Å². The number of rotatable bonds is 9. The number of hydrogen-bond acceptors (Lipinski definition) is 4. The highest BCUT2D eigenvalue weighted by molar-refractivity contribution is 5.80. The van der Waals surface area contributed by atoms with Gasteiger partial charge < -0.3 is 0 Å². The summed E-state index contributed by atoms with van der Waals surface area (Å²) in [7, 11) is 0. The Bertz CT molecular complexity index is 1480. The van der Waals surface area contributed by atoms with E-state index in [4.69, 9.17) is 0 Å². The number of benzene rings is 3. The van der Waals surface area contributed by atoms with Crippen LogP contribution >= 0.6 is 0 Å². The number of aryl methyl sites for hydroxylation is 1. The first-order valence-corrected chi connectivity index (χ1v) is 12.4. The number of imidazole rings is 1. The van der Waals surface area contributed by atoms with Crippen LogP contribution < -0.4 is 5.69 Å². The molecule has 0 amide bonds. The topological polar surface area (TPSA) is 81.4 Å². The van der Waals surface area contributed by atoms with Gasteiger partial charge >= 0.3 is 5.69 Å². The molecule has 0 aliphatic heterocycles. The van der Waals surface area contributed by atoms with Gasteiger partial charge in [-0.3, -0.25) is 9.13 Å². The summed E-state index contributed by atoms with van der Waals surface area (Å²) in [6.07, 6.45) is 2.66. The monoisotopic (exact) mass is 478 g/mol. The highest BCUT2D eigenvalue weighted by Crippen LogP contribution is 2.31. The number of aromatic nitrogens is 6. The van der Waals surface area contributed by atoms with Crippen molar-refractivity contribution in [2.24, 2.45) is 0 Å². The van der Waals surface area contributed by atoms with Crippen molar-refractivity contribution in [1.82, 2.24) is 29.8 Å². The number of aromatic amines is 1. The molecule has 0 bridgehead atoms. The van der Waals surface area contributed by atoms with Crippen molar-refractivity contribution < 1.29 is 0 Å². The summed E-state index contributed by atoms with van der Waals surface area (Å²) in [6.45, 7) is 5.38. The minimum absolute atomic E-state index is 0.0434. The van der Waals surface area contributed by atoms with Crippen LogP contribution in [0.2, 0.25) is 0 Å². The molecule has 0 fully saturated rings. The van der Waals surface area contributed by atoms with E-state index in [1.54, 1.807) is 0 Å². The molecule has 5 rings (SSSR count). The van der Waals surface area contributed by atoms with E-state index >= 15 is 0 Å². The van der Waals surface area contributed by atoms with Crippen LogP contribution in [0.15, 0.2) is 83.7 Å². The average molecular weight is 479 g/mol. The van der Waals surface area contributed by atoms with E-state index < -0.39 is 0 Å². The van der Waals surface area contributed by atoms with Crippen molar-refractivity contribution >= 4 is 0 Å². The molecule has 0 saturated heterocycles. The molecule has 2 aromatic heterocycles. The third-order valence-electron chi connectivity index (χ3n) is 6.67. The predicted molar refractivity (Wildman–Crippen MR) is 142 cm³/mol. The zero-order chi connectivity index (χ0) is 24.9. The van der Waals surface area contributed by atoms with Crippen molar-refractivity contribution in [3.05, 3.63) is 112 Å². The van der Waals surface area contributed by atoms with Crippen molar-refractivity contribution in [2.75, 3.05) is 0 Å². The molecule has 0 atom stereocenters. The SMILES string of the molecule is CCCc1c(C)n(CCc2ccccc2)c(=O)n1Cc1ccc(-c2ccccc2)c(-c2nnn[nH]2)c1. The molecule has 1 N–H and O–H groups in total. The van der Waals surface area contributed by atoms with E-state index in [9.17, 15) is 4.79 Å². The molecule has 0 aliphatic carbocycles. The Balaban J connectivity index is 1.51. The molecule has 0 saturated carbocycles. The summed E-state index contributed by atoms with van der Waals surface area (Å²) >= 11 is 0. The Morgan fingerprint density at radius 3 is 2.28 bits per heavy atom. The molecule has 7 heteroatoms. The van der Waals surface area contributed by atoms with Gasteiger partial charge in [0, 0.05) is 23.5 Å². The van der Waals surface area contributed by atoms with Crippen LogP contribution in [0.1, 0.15) is 35.9 Å². The largest absolute Gasteiger partial charge is 0.328 e. The van der Waals surface area contributed by atoms with Gasteiger partial charge in [-0.05, 0) is 58.5 Å². The molecule has 7 nitrogen and oxygen atoms in total. The van der Waals surface area contributed by atoms with Crippen LogP contribution in [-0.4, -0.2) is 29.8 Å². The molecule has 0 spiro atoms. The Hall–Kier alpha value is -4.26. The minimum atomic E-state index is 0.0434. The fourth-order valence-corrected chi connectivity index (χ4v) is 4.83. The molecule has 5 aromatic rings. The van der Waals surface area contributed by atoms with Gasteiger partial charge in [0.25, 0.3) is 0 Å². The third-order valence-corrected chi connectivity index (χ3v) is 6.67. The minimum Gasteiger partial charge on any atom is -0.296 e. The van der Waals surface area contributed by atoms with Gasteiger partial charge in [0.1, 0.15) is 0 Å². The highest BCUT2D eigenvalue weighted by Gasteiger charge is 2.18. The van der Waals surface area contributed by atoms with Crippen molar-refractivity contribution in [3.8, 4) is 22.5 Å². The van der Waals surface area contributed by atoms with E-state index in [0.29, 0.717) is 18.9 Å². The van der Waals surface area contributed by atoms with Crippen LogP contribution in [0.4, 0.5) is 0 Å². The van der Waals surface area contributed by atoms with Crippen LogP contribution in [0.5, 0.6) is 0 Å². The molecule has 182 valence electrons. The number of hydrogen-bond donors (Lipinski definition) is 1. The lowest BCUT2D eigenvalue weighted by atomic mass is 9.97. The van der Waals surface area contributed by atoms with Crippen molar-refractivity contribution in [2.45, 2.75) is 46.2 Å². The summed E-state index contributed by atoms with van der Waals surface area (Å²) in [6, 6.07) is 26.8. The van der Waals surface area contributed by atoms with Crippen LogP contribution in [-0.2, 0) is 25.9 Å². The number of nitrogens with one attached hydrogen (secondary N) is 1. The average Bonchev–Trinajstić information content (AvgIpc) is 3.53. The number of nitrogens with zero attached hydrogens (tertiary/aromatic N) is 5. The molecule has 0 unspecified atom stereocenters. The lowest BCUT2D eigenvalue weighted by molar-refractivity contribution is 0.621. The lowest BCUT2D eigenvalue weighted by Crippen LogP contribution is -2.26. The molecule has 36 heavy (non-hydrogen) atoms. The van der Waals surface area contributed by atoms with E-state index in [0.717, 1.165) is 52.9 Å². The van der Waals surface area contributed by atoms with Gasteiger partial charge in [-0.25, -0.2) is 9.89 Å². The van der Waals surface area contributed by atoms with Gasteiger partial charge in [0.15, 0.2) is 5.82 Å². The smallest absolute Gasteiger partial charge is 0.296 e. The second-order valence-corrected chi connectivity index (χ2v) is 9.03. The fraction of sp³-hybridized carbons (Fsp3) is 0.241. The zero-order valence-corrected chi connectivity index (χ0v) is 20.7. The quantitative estimate of drug-likeness (QED) is 0.321. The first-order valence-electron chi connectivity index (χ1n) is 12.4. The molecular formula is C29H30N6O. The Morgan fingerprint density at radius 1 is 0.833 bits per heavy atom. The van der Waals surface area contributed by atoms with Crippen LogP contribution in [0.25, 0.3) is 22.5 Å².